The summed E-state index contributed by atoms with van der Waals surface area (Å²) in [5.74, 6) is 0.624. The molecular formula is C11H11ClN2O2. The minimum atomic E-state index is -0.172. The molecule has 0 fully saturated rings. The standard InChI is InChI=1S/C11H11ClN2O2/c1-7(12)5-16-8-2-3-10-9(4-8)11(15)14-6-13-10/h2-4,6-7H,5H2,1H3,(H,13,14,15). The third kappa shape index (κ3) is 2.33. The van der Waals surface area contributed by atoms with Crippen LogP contribution in [-0.2, 0) is 0 Å². The Morgan fingerprint density at radius 1 is 1.56 bits per heavy atom. The van der Waals surface area contributed by atoms with Crippen LogP contribution in [0.25, 0.3) is 10.9 Å². The number of hydrogen-bond donors (Lipinski definition) is 1. The summed E-state index contributed by atoms with van der Waals surface area (Å²) in [5, 5.41) is 0.449. The Bertz CT molecular complexity index is 551. The molecule has 0 saturated carbocycles. The summed E-state index contributed by atoms with van der Waals surface area (Å²) in [5.41, 5.74) is 0.476. The van der Waals surface area contributed by atoms with Gasteiger partial charge in [-0.3, -0.25) is 4.79 Å². The first-order chi connectivity index (χ1) is 7.66. The van der Waals surface area contributed by atoms with Gasteiger partial charge in [0.15, 0.2) is 0 Å². The third-order valence-corrected chi connectivity index (χ3v) is 2.22. The predicted molar refractivity (Wildman–Crippen MR) is 63.2 cm³/mol. The van der Waals surface area contributed by atoms with Crippen molar-refractivity contribution in [2.45, 2.75) is 12.3 Å². The molecule has 0 amide bonds. The number of rotatable bonds is 3. The quantitative estimate of drug-likeness (QED) is 0.832. The van der Waals surface area contributed by atoms with E-state index in [0.717, 1.165) is 0 Å². The number of nitrogens with zero attached hydrogens (tertiary/aromatic N) is 1. The summed E-state index contributed by atoms with van der Waals surface area (Å²) in [4.78, 5) is 18.1. The molecule has 2 aromatic rings. The Hall–Kier alpha value is -1.55. The van der Waals surface area contributed by atoms with E-state index in [-0.39, 0.29) is 10.9 Å². The molecule has 1 heterocycles. The number of hydrogen-bond acceptors (Lipinski definition) is 3. The smallest absolute Gasteiger partial charge is 0.258 e. The van der Waals surface area contributed by atoms with E-state index in [4.69, 9.17) is 16.3 Å². The summed E-state index contributed by atoms with van der Waals surface area (Å²) >= 11 is 5.77. The molecule has 1 atom stereocenters. The summed E-state index contributed by atoms with van der Waals surface area (Å²) in [7, 11) is 0. The molecule has 2 rings (SSSR count). The van der Waals surface area contributed by atoms with Crippen LogP contribution < -0.4 is 10.3 Å². The maximum atomic E-state index is 11.5. The van der Waals surface area contributed by atoms with Gasteiger partial charge < -0.3 is 9.72 Å². The minimum Gasteiger partial charge on any atom is -0.492 e. The Morgan fingerprint density at radius 2 is 2.38 bits per heavy atom. The molecule has 0 aliphatic rings. The average Bonchev–Trinajstić information content (AvgIpc) is 2.27. The summed E-state index contributed by atoms with van der Waals surface area (Å²) < 4.78 is 5.42. The Kier molecular flexibility index (Phi) is 3.10. The topological polar surface area (TPSA) is 55.0 Å². The number of nitrogens with one attached hydrogen (secondary N) is 1. The van der Waals surface area contributed by atoms with Crippen LogP contribution in [0, 0.1) is 0 Å². The molecule has 0 spiro atoms. The zero-order chi connectivity index (χ0) is 11.5. The summed E-state index contributed by atoms with van der Waals surface area (Å²) in [6, 6.07) is 5.19. The van der Waals surface area contributed by atoms with Crippen LogP contribution in [0.4, 0.5) is 0 Å². The van der Waals surface area contributed by atoms with Crippen molar-refractivity contribution < 1.29 is 4.74 Å². The van der Waals surface area contributed by atoms with E-state index in [1.165, 1.54) is 6.33 Å². The minimum absolute atomic E-state index is 0.0668. The lowest BCUT2D eigenvalue weighted by atomic mass is 10.2. The first-order valence-corrected chi connectivity index (χ1v) is 5.35. The van der Waals surface area contributed by atoms with E-state index >= 15 is 0 Å². The van der Waals surface area contributed by atoms with Crippen LogP contribution in [0.3, 0.4) is 0 Å². The lowest BCUT2D eigenvalue weighted by molar-refractivity contribution is 0.320. The Balaban J connectivity index is 2.36. The lowest BCUT2D eigenvalue weighted by Crippen LogP contribution is -2.09. The van der Waals surface area contributed by atoms with Crippen molar-refractivity contribution in [1.82, 2.24) is 9.97 Å². The van der Waals surface area contributed by atoms with E-state index in [9.17, 15) is 4.79 Å². The first-order valence-electron chi connectivity index (χ1n) is 4.91. The van der Waals surface area contributed by atoms with Gasteiger partial charge in [-0.05, 0) is 25.1 Å². The highest BCUT2D eigenvalue weighted by Gasteiger charge is 2.03. The van der Waals surface area contributed by atoms with Crippen LogP contribution in [0.5, 0.6) is 5.75 Å². The van der Waals surface area contributed by atoms with Crippen molar-refractivity contribution in [3.8, 4) is 5.75 Å². The van der Waals surface area contributed by atoms with Gasteiger partial charge in [0.25, 0.3) is 5.56 Å². The van der Waals surface area contributed by atoms with Gasteiger partial charge in [-0.25, -0.2) is 4.98 Å². The zero-order valence-corrected chi connectivity index (χ0v) is 9.49. The number of H-pyrrole nitrogens is 1. The van der Waals surface area contributed by atoms with Gasteiger partial charge in [0.2, 0.25) is 0 Å². The predicted octanol–water partition coefficient (Wildman–Crippen LogP) is 1.93. The van der Waals surface area contributed by atoms with Gasteiger partial charge in [0, 0.05) is 0 Å². The summed E-state index contributed by atoms with van der Waals surface area (Å²) in [6.45, 7) is 2.25. The molecule has 1 N–H and O–H groups in total. The fourth-order valence-electron chi connectivity index (χ4n) is 1.35. The fraction of sp³-hybridized carbons (Fsp3) is 0.273. The van der Waals surface area contributed by atoms with Crippen LogP contribution in [0.2, 0.25) is 0 Å². The van der Waals surface area contributed by atoms with Gasteiger partial charge >= 0.3 is 0 Å². The molecule has 1 aromatic carbocycles. The van der Waals surface area contributed by atoms with Crippen molar-refractivity contribution in [2.24, 2.45) is 0 Å². The van der Waals surface area contributed by atoms with Gasteiger partial charge in [-0.1, -0.05) is 0 Å². The Morgan fingerprint density at radius 3 is 3.12 bits per heavy atom. The lowest BCUT2D eigenvalue weighted by Gasteiger charge is -2.07. The molecule has 0 aliphatic heterocycles. The maximum absolute atomic E-state index is 11.5. The van der Waals surface area contributed by atoms with Gasteiger partial charge in [-0.15, -0.1) is 11.6 Å². The zero-order valence-electron chi connectivity index (χ0n) is 8.74. The van der Waals surface area contributed by atoms with Crippen molar-refractivity contribution in [2.75, 3.05) is 6.61 Å². The number of benzene rings is 1. The normalized spacial score (nSPS) is 12.6. The molecule has 16 heavy (non-hydrogen) atoms. The number of aromatic amines is 1. The highest BCUT2D eigenvalue weighted by Crippen LogP contribution is 2.16. The van der Waals surface area contributed by atoms with E-state index in [1.54, 1.807) is 18.2 Å². The number of halogens is 1. The van der Waals surface area contributed by atoms with Crippen molar-refractivity contribution >= 4 is 22.5 Å². The molecule has 0 saturated heterocycles. The van der Waals surface area contributed by atoms with E-state index in [0.29, 0.717) is 23.3 Å². The highest BCUT2D eigenvalue weighted by molar-refractivity contribution is 6.20. The van der Waals surface area contributed by atoms with Crippen molar-refractivity contribution in [3.63, 3.8) is 0 Å². The maximum Gasteiger partial charge on any atom is 0.258 e. The molecule has 5 heteroatoms. The molecule has 0 aliphatic carbocycles. The van der Waals surface area contributed by atoms with Crippen molar-refractivity contribution in [3.05, 3.63) is 34.9 Å². The van der Waals surface area contributed by atoms with Crippen LogP contribution >= 0.6 is 11.6 Å². The second-order valence-corrected chi connectivity index (χ2v) is 4.25. The molecule has 0 radical (unpaired) electrons. The molecule has 0 bridgehead atoms. The molecule has 1 unspecified atom stereocenters. The number of aromatic nitrogens is 2. The largest absolute Gasteiger partial charge is 0.492 e. The van der Waals surface area contributed by atoms with Gasteiger partial charge in [0.1, 0.15) is 12.4 Å². The van der Waals surface area contributed by atoms with Crippen LogP contribution in [0.15, 0.2) is 29.3 Å². The van der Waals surface area contributed by atoms with Crippen molar-refractivity contribution in [1.29, 1.82) is 0 Å². The third-order valence-electron chi connectivity index (χ3n) is 2.09. The highest BCUT2D eigenvalue weighted by atomic mass is 35.5. The number of fused-ring (bicyclic) bond motifs is 1. The fourth-order valence-corrected chi connectivity index (χ4v) is 1.41. The number of alkyl halides is 1. The van der Waals surface area contributed by atoms with E-state index in [2.05, 4.69) is 9.97 Å². The summed E-state index contributed by atoms with van der Waals surface area (Å²) in [6.07, 6.45) is 1.38. The van der Waals surface area contributed by atoms with E-state index < -0.39 is 0 Å². The van der Waals surface area contributed by atoms with Crippen LogP contribution in [0.1, 0.15) is 6.92 Å². The second-order valence-electron chi connectivity index (χ2n) is 3.50. The van der Waals surface area contributed by atoms with E-state index in [1.807, 2.05) is 6.92 Å². The molecular weight excluding hydrogens is 228 g/mol. The van der Waals surface area contributed by atoms with Crippen LogP contribution in [-0.4, -0.2) is 22.0 Å². The monoisotopic (exact) mass is 238 g/mol. The second kappa shape index (κ2) is 4.53. The first kappa shape index (κ1) is 11.0. The molecule has 1 aromatic heterocycles. The van der Waals surface area contributed by atoms with Gasteiger partial charge in [-0.2, -0.15) is 0 Å². The Labute approximate surface area is 97.2 Å². The average molecular weight is 239 g/mol. The molecule has 84 valence electrons. The number of ether oxygens (including phenoxy) is 1. The van der Waals surface area contributed by atoms with Gasteiger partial charge in [0.05, 0.1) is 22.6 Å². The molecule has 4 nitrogen and oxygen atoms in total. The SMILES string of the molecule is CC(Cl)COc1ccc2nc[nH]c(=O)c2c1.